The number of rotatable bonds is 7. The quantitative estimate of drug-likeness (QED) is 0.244. The van der Waals surface area contributed by atoms with Crippen molar-refractivity contribution in [1.29, 1.82) is 0 Å². The SMILES string of the molecule is C=C(CC(=O)NC1(C#Cc2ccc(C(=O)NO)cc2)CCN(CC(F)(F)F)CC1)NC1=C(C)C=CC=CC1. The van der Waals surface area contributed by atoms with Crippen molar-refractivity contribution in [3.05, 3.63) is 83.2 Å². The molecule has 2 amide bonds. The molecular formula is C28H31F3N4O3. The van der Waals surface area contributed by atoms with Crippen molar-refractivity contribution in [2.24, 2.45) is 0 Å². The highest BCUT2D eigenvalue weighted by Crippen LogP contribution is 2.26. The van der Waals surface area contributed by atoms with Gasteiger partial charge in [0.25, 0.3) is 5.91 Å². The number of halogens is 3. The Hall–Kier alpha value is -3.81. The van der Waals surface area contributed by atoms with Gasteiger partial charge in [0.05, 0.1) is 13.0 Å². The molecule has 38 heavy (non-hydrogen) atoms. The van der Waals surface area contributed by atoms with E-state index >= 15 is 0 Å². The van der Waals surface area contributed by atoms with E-state index in [4.69, 9.17) is 5.21 Å². The second-order valence-corrected chi connectivity index (χ2v) is 9.35. The Morgan fingerprint density at radius 3 is 2.47 bits per heavy atom. The largest absolute Gasteiger partial charge is 0.401 e. The van der Waals surface area contributed by atoms with Gasteiger partial charge >= 0.3 is 6.18 Å². The molecule has 10 heteroatoms. The molecular weight excluding hydrogens is 497 g/mol. The first-order chi connectivity index (χ1) is 18.0. The molecule has 1 aliphatic heterocycles. The van der Waals surface area contributed by atoms with Crippen LogP contribution in [0.15, 0.2) is 72.1 Å². The summed E-state index contributed by atoms with van der Waals surface area (Å²) in [4.78, 5) is 25.8. The molecule has 2 aliphatic rings. The van der Waals surface area contributed by atoms with Gasteiger partial charge in [0, 0.05) is 42.0 Å². The van der Waals surface area contributed by atoms with Gasteiger partial charge in [-0.25, -0.2) is 5.48 Å². The number of nitrogens with zero attached hydrogens (tertiary/aromatic N) is 1. The molecule has 0 bridgehead atoms. The van der Waals surface area contributed by atoms with E-state index in [1.54, 1.807) is 17.6 Å². The highest BCUT2D eigenvalue weighted by molar-refractivity contribution is 5.93. The van der Waals surface area contributed by atoms with Crippen molar-refractivity contribution >= 4 is 11.8 Å². The summed E-state index contributed by atoms with van der Waals surface area (Å²) in [6.07, 6.45) is 4.59. The van der Waals surface area contributed by atoms with E-state index in [0.717, 1.165) is 11.3 Å². The van der Waals surface area contributed by atoms with Crippen LogP contribution in [0.3, 0.4) is 0 Å². The molecule has 1 aliphatic carbocycles. The lowest BCUT2D eigenvalue weighted by molar-refractivity contribution is -0.149. The fourth-order valence-corrected chi connectivity index (χ4v) is 4.23. The summed E-state index contributed by atoms with van der Waals surface area (Å²) in [5, 5.41) is 14.9. The molecule has 0 aromatic heterocycles. The molecule has 0 radical (unpaired) electrons. The van der Waals surface area contributed by atoms with E-state index < -0.39 is 24.2 Å². The Morgan fingerprint density at radius 2 is 1.84 bits per heavy atom. The zero-order chi connectivity index (χ0) is 27.8. The first-order valence-electron chi connectivity index (χ1n) is 12.1. The van der Waals surface area contributed by atoms with E-state index in [1.165, 1.54) is 17.0 Å². The molecule has 1 aromatic carbocycles. The van der Waals surface area contributed by atoms with Crippen LogP contribution in [0.2, 0.25) is 0 Å². The van der Waals surface area contributed by atoms with Crippen LogP contribution in [0.5, 0.6) is 0 Å². The number of benzene rings is 1. The third-order valence-corrected chi connectivity index (χ3v) is 6.28. The Morgan fingerprint density at radius 1 is 1.16 bits per heavy atom. The summed E-state index contributed by atoms with van der Waals surface area (Å²) in [6.45, 7) is 5.15. The van der Waals surface area contributed by atoms with Gasteiger partial charge in [-0.3, -0.25) is 19.7 Å². The zero-order valence-corrected chi connectivity index (χ0v) is 21.1. The van der Waals surface area contributed by atoms with Crippen molar-refractivity contribution in [2.75, 3.05) is 19.6 Å². The maximum atomic E-state index is 13.0. The minimum atomic E-state index is -4.31. The summed E-state index contributed by atoms with van der Waals surface area (Å²) >= 11 is 0. The summed E-state index contributed by atoms with van der Waals surface area (Å²) < 4.78 is 38.7. The molecule has 1 fully saturated rings. The van der Waals surface area contributed by atoms with Crippen molar-refractivity contribution < 1.29 is 28.0 Å². The Kier molecular flexibility index (Phi) is 9.55. The second kappa shape index (κ2) is 12.6. The maximum absolute atomic E-state index is 13.0. The molecule has 4 N–H and O–H groups in total. The summed E-state index contributed by atoms with van der Waals surface area (Å²) in [7, 11) is 0. The predicted molar refractivity (Wildman–Crippen MR) is 138 cm³/mol. The van der Waals surface area contributed by atoms with Crippen LogP contribution in [-0.4, -0.2) is 53.3 Å². The number of piperidine rings is 1. The number of alkyl halides is 3. The van der Waals surface area contributed by atoms with Crippen molar-refractivity contribution in [1.82, 2.24) is 21.0 Å². The van der Waals surface area contributed by atoms with Crippen LogP contribution in [0.1, 0.15) is 48.5 Å². The summed E-state index contributed by atoms with van der Waals surface area (Å²) in [6, 6.07) is 6.14. The van der Waals surface area contributed by atoms with Crippen LogP contribution in [0.4, 0.5) is 13.2 Å². The highest BCUT2D eigenvalue weighted by atomic mass is 19.4. The number of allylic oxidation sites excluding steroid dienone is 5. The minimum Gasteiger partial charge on any atom is -0.362 e. The predicted octanol–water partition coefficient (Wildman–Crippen LogP) is 3.95. The van der Waals surface area contributed by atoms with Gasteiger partial charge < -0.3 is 10.6 Å². The summed E-state index contributed by atoms with van der Waals surface area (Å²) in [5.41, 5.74) is 3.76. The van der Waals surface area contributed by atoms with Gasteiger partial charge in [-0.15, -0.1) is 0 Å². The Balaban J connectivity index is 1.73. The molecule has 202 valence electrons. The maximum Gasteiger partial charge on any atom is 0.401 e. The van der Waals surface area contributed by atoms with Crippen LogP contribution in [0, 0.1) is 11.8 Å². The van der Waals surface area contributed by atoms with Crippen LogP contribution in [-0.2, 0) is 4.79 Å². The number of amides is 2. The number of carbonyl (C=O) groups is 2. The van der Waals surface area contributed by atoms with Gasteiger partial charge in [0.2, 0.25) is 5.91 Å². The van der Waals surface area contributed by atoms with Gasteiger partial charge in [-0.2, -0.15) is 13.2 Å². The molecule has 0 spiro atoms. The molecule has 0 unspecified atom stereocenters. The molecule has 0 saturated carbocycles. The fraction of sp³-hybridized carbons (Fsp3) is 0.357. The van der Waals surface area contributed by atoms with Crippen LogP contribution < -0.4 is 16.1 Å². The monoisotopic (exact) mass is 528 g/mol. The first kappa shape index (κ1) is 28.8. The lowest BCUT2D eigenvalue weighted by Gasteiger charge is -2.39. The Labute approximate surface area is 220 Å². The molecule has 0 atom stereocenters. The van der Waals surface area contributed by atoms with Gasteiger partial charge in [-0.1, -0.05) is 42.7 Å². The van der Waals surface area contributed by atoms with Gasteiger partial charge in [0.15, 0.2) is 0 Å². The van der Waals surface area contributed by atoms with Crippen molar-refractivity contribution in [2.45, 2.75) is 44.3 Å². The average Bonchev–Trinajstić information content (AvgIpc) is 3.07. The third-order valence-electron chi connectivity index (χ3n) is 6.28. The van der Waals surface area contributed by atoms with E-state index in [2.05, 4.69) is 29.1 Å². The number of likely N-dealkylation sites (tertiary alicyclic amines) is 1. The third kappa shape index (κ3) is 8.64. The van der Waals surface area contributed by atoms with Crippen LogP contribution in [0.25, 0.3) is 0 Å². The zero-order valence-electron chi connectivity index (χ0n) is 21.1. The second-order valence-electron chi connectivity index (χ2n) is 9.35. The number of hydrogen-bond donors (Lipinski definition) is 4. The van der Waals surface area contributed by atoms with Gasteiger partial charge in [0.1, 0.15) is 5.54 Å². The molecule has 1 aromatic rings. The molecule has 7 nitrogen and oxygen atoms in total. The van der Waals surface area contributed by atoms with E-state index in [9.17, 15) is 22.8 Å². The lowest BCUT2D eigenvalue weighted by atomic mass is 9.87. The topological polar surface area (TPSA) is 93.7 Å². The number of carbonyl (C=O) groups excluding carboxylic acids is 2. The average molecular weight is 529 g/mol. The van der Waals surface area contributed by atoms with E-state index in [0.29, 0.717) is 17.7 Å². The molecule has 1 saturated heterocycles. The first-order valence-corrected chi connectivity index (χ1v) is 12.1. The smallest absolute Gasteiger partial charge is 0.362 e. The molecule has 1 heterocycles. The Bertz CT molecular complexity index is 1200. The fourth-order valence-electron chi connectivity index (χ4n) is 4.23. The number of nitrogens with one attached hydrogen (secondary N) is 3. The van der Waals surface area contributed by atoms with E-state index in [-0.39, 0.29) is 43.8 Å². The van der Waals surface area contributed by atoms with Crippen molar-refractivity contribution in [3.8, 4) is 11.8 Å². The van der Waals surface area contributed by atoms with Crippen molar-refractivity contribution in [3.63, 3.8) is 0 Å². The highest BCUT2D eigenvalue weighted by Gasteiger charge is 2.38. The van der Waals surface area contributed by atoms with Crippen LogP contribution >= 0.6 is 0 Å². The molecule has 3 rings (SSSR count). The van der Waals surface area contributed by atoms with Gasteiger partial charge in [-0.05, 0) is 49.6 Å². The standard InChI is InChI=1S/C28H31F3N4O3/c1-20-6-4-3-5-7-24(20)32-21(2)18-25(36)33-27(14-16-35(17-15-27)19-28(29,30)31)13-12-22-8-10-23(11-9-22)26(37)34-38/h3-6,8-11,32,38H,2,7,14-19H2,1H3,(H,33,36)(H,34,37). The normalized spacial score (nSPS) is 17.2. The number of hydrogen-bond acceptors (Lipinski definition) is 5. The summed E-state index contributed by atoms with van der Waals surface area (Å²) in [5.74, 6) is 5.06. The van der Waals surface area contributed by atoms with E-state index in [1.807, 2.05) is 31.2 Å². The lowest BCUT2D eigenvalue weighted by Crippen LogP contribution is -2.55. The number of hydroxylamine groups is 1. The minimum absolute atomic E-state index is 0.0229.